The number of rotatable bonds is 4. The molecule has 0 heterocycles. The molecule has 0 aromatic heterocycles. The van der Waals surface area contributed by atoms with Gasteiger partial charge in [-0.1, -0.05) is 109 Å². The molecule has 164 valence electrons. The summed E-state index contributed by atoms with van der Waals surface area (Å²) >= 11 is 0. The maximum atomic E-state index is 13.5. The van der Waals surface area contributed by atoms with Crippen molar-refractivity contribution in [2.45, 2.75) is 78.6 Å². The summed E-state index contributed by atoms with van der Waals surface area (Å²) in [6.07, 6.45) is 0.693. The predicted molar refractivity (Wildman–Crippen MR) is 131 cm³/mol. The van der Waals surface area contributed by atoms with Crippen LogP contribution < -0.4 is 4.74 Å². The van der Waals surface area contributed by atoms with Gasteiger partial charge < -0.3 is 4.74 Å². The Balaban J connectivity index is 2.06. The van der Waals surface area contributed by atoms with Crippen LogP contribution in [0.4, 0.5) is 0 Å². The molecule has 2 nitrogen and oxygen atoms in total. The molecule has 0 aliphatic heterocycles. The Kier molecular flexibility index (Phi) is 6.32. The molecule has 3 aromatic carbocycles. The summed E-state index contributed by atoms with van der Waals surface area (Å²) in [7, 11) is 0. The molecule has 0 unspecified atom stereocenters. The van der Waals surface area contributed by atoms with E-state index in [4.69, 9.17) is 4.74 Å². The molecule has 0 spiro atoms. The van der Waals surface area contributed by atoms with Gasteiger partial charge in [0, 0.05) is 11.1 Å². The molecule has 0 aliphatic carbocycles. The van der Waals surface area contributed by atoms with Crippen molar-refractivity contribution >= 4 is 16.7 Å². The van der Waals surface area contributed by atoms with E-state index in [0.29, 0.717) is 6.42 Å². The van der Waals surface area contributed by atoms with E-state index in [1.54, 1.807) is 0 Å². The molecule has 1 atom stereocenters. The van der Waals surface area contributed by atoms with Crippen LogP contribution in [0.1, 0.15) is 83.1 Å². The first kappa shape index (κ1) is 23.1. The SMILES string of the molecule is CC[C@H](C(=O)Oc1c(C(C)(C)C)cc(C)cc1C(C)(C)C)c1ccc2ccccc2c1. The second-order valence-corrected chi connectivity index (χ2v) is 10.7. The molecule has 0 N–H and O–H groups in total. The smallest absolute Gasteiger partial charge is 0.318 e. The number of esters is 1. The lowest BCUT2D eigenvalue weighted by Gasteiger charge is -2.30. The van der Waals surface area contributed by atoms with Gasteiger partial charge in [-0.15, -0.1) is 0 Å². The van der Waals surface area contributed by atoms with E-state index in [1.165, 1.54) is 10.9 Å². The zero-order valence-electron chi connectivity index (χ0n) is 20.3. The average molecular weight is 417 g/mol. The second kappa shape index (κ2) is 8.49. The molecule has 31 heavy (non-hydrogen) atoms. The van der Waals surface area contributed by atoms with Crippen molar-refractivity contribution in [1.82, 2.24) is 0 Å². The molecule has 0 saturated carbocycles. The van der Waals surface area contributed by atoms with Crippen LogP contribution >= 0.6 is 0 Å². The van der Waals surface area contributed by atoms with Gasteiger partial charge in [0.1, 0.15) is 5.75 Å². The zero-order chi connectivity index (χ0) is 23.0. The van der Waals surface area contributed by atoms with Crippen molar-refractivity contribution in [2.24, 2.45) is 0 Å². The minimum absolute atomic E-state index is 0.133. The van der Waals surface area contributed by atoms with E-state index in [9.17, 15) is 4.79 Å². The molecule has 0 bridgehead atoms. The lowest BCUT2D eigenvalue weighted by molar-refractivity contribution is -0.136. The molecule has 0 fully saturated rings. The van der Waals surface area contributed by atoms with Gasteiger partial charge in [0.2, 0.25) is 0 Å². The average Bonchev–Trinajstić information content (AvgIpc) is 2.68. The van der Waals surface area contributed by atoms with E-state index in [2.05, 4.69) is 90.9 Å². The minimum atomic E-state index is -0.299. The highest BCUT2D eigenvalue weighted by Crippen LogP contribution is 2.41. The van der Waals surface area contributed by atoms with Crippen molar-refractivity contribution in [3.05, 3.63) is 76.9 Å². The van der Waals surface area contributed by atoms with Crippen LogP contribution in [0.25, 0.3) is 10.8 Å². The topological polar surface area (TPSA) is 26.3 Å². The molecule has 0 aliphatic rings. The van der Waals surface area contributed by atoms with Gasteiger partial charge in [0.25, 0.3) is 0 Å². The minimum Gasteiger partial charge on any atom is -0.425 e. The Labute approximate surface area is 187 Å². The van der Waals surface area contributed by atoms with Crippen LogP contribution in [-0.2, 0) is 15.6 Å². The van der Waals surface area contributed by atoms with Crippen LogP contribution in [0, 0.1) is 6.92 Å². The first-order chi connectivity index (χ1) is 14.4. The van der Waals surface area contributed by atoms with E-state index in [1.807, 2.05) is 19.1 Å². The van der Waals surface area contributed by atoms with Crippen LogP contribution in [-0.4, -0.2) is 5.97 Å². The Morgan fingerprint density at radius 3 is 1.90 bits per heavy atom. The molecular formula is C29H36O2. The van der Waals surface area contributed by atoms with Crippen molar-refractivity contribution in [1.29, 1.82) is 0 Å². The normalized spacial score (nSPS) is 13.3. The highest BCUT2D eigenvalue weighted by molar-refractivity contribution is 5.86. The number of carbonyl (C=O) groups excluding carboxylic acids is 1. The molecule has 0 amide bonds. The monoisotopic (exact) mass is 416 g/mol. The van der Waals surface area contributed by atoms with Crippen molar-refractivity contribution < 1.29 is 9.53 Å². The number of hydrogen-bond acceptors (Lipinski definition) is 2. The Bertz CT molecular complexity index is 1060. The van der Waals surface area contributed by atoms with E-state index >= 15 is 0 Å². The summed E-state index contributed by atoms with van der Waals surface area (Å²) in [4.78, 5) is 13.5. The molecule has 0 radical (unpaired) electrons. The first-order valence-electron chi connectivity index (χ1n) is 11.3. The van der Waals surface area contributed by atoms with Gasteiger partial charge in [-0.3, -0.25) is 4.79 Å². The molecule has 2 heteroatoms. The highest BCUT2D eigenvalue weighted by atomic mass is 16.5. The predicted octanol–water partition coefficient (Wildman–Crippen LogP) is 7.84. The maximum Gasteiger partial charge on any atom is 0.318 e. The fourth-order valence-corrected chi connectivity index (χ4v) is 4.13. The molecule has 3 aromatic rings. The molecule has 3 rings (SSSR count). The fourth-order valence-electron chi connectivity index (χ4n) is 4.13. The van der Waals surface area contributed by atoms with Crippen LogP contribution in [0.3, 0.4) is 0 Å². The van der Waals surface area contributed by atoms with E-state index < -0.39 is 0 Å². The number of fused-ring (bicyclic) bond motifs is 1. The fraction of sp³-hybridized carbons (Fsp3) is 0.414. The zero-order valence-corrected chi connectivity index (χ0v) is 20.3. The van der Waals surface area contributed by atoms with Crippen molar-refractivity contribution in [2.75, 3.05) is 0 Å². The summed E-state index contributed by atoms with van der Waals surface area (Å²) in [5, 5.41) is 2.32. The van der Waals surface area contributed by atoms with Gasteiger partial charge in [-0.05, 0) is 40.5 Å². The first-order valence-corrected chi connectivity index (χ1v) is 11.3. The number of hydrogen-bond donors (Lipinski definition) is 0. The third kappa shape index (κ3) is 5.01. The van der Waals surface area contributed by atoms with Gasteiger partial charge in [0.05, 0.1) is 5.92 Å². The molecule has 0 saturated heterocycles. The number of benzene rings is 3. The summed E-state index contributed by atoms with van der Waals surface area (Å²) in [6, 6.07) is 18.8. The van der Waals surface area contributed by atoms with Crippen LogP contribution in [0.5, 0.6) is 5.75 Å². The van der Waals surface area contributed by atoms with Crippen molar-refractivity contribution in [3.8, 4) is 5.75 Å². The summed E-state index contributed by atoms with van der Waals surface area (Å²) in [5.74, 6) is 0.249. The van der Waals surface area contributed by atoms with E-state index in [0.717, 1.165) is 27.8 Å². The summed E-state index contributed by atoms with van der Waals surface area (Å²) < 4.78 is 6.27. The molecular weight excluding hydrogens is 380 g/mol. The lowest BCUT2D eigenvalue weighted by Crippen LogP contribution is -2.25. The lowest BCUT2D eigenvalue weighted by atomic mass is 9.78. The second-order valence-electron chi connectivity index (χ2n) is 10.7. The Hall–Kier alpha value is -2.61. The van der Waals surface area contributed by atoms with Gasteiger partial charge in [0.15, 0.2) is 0 Å². The largest absolute Gasteiger partial charge is 0.425 e. The van der Waals surface area contributed by atoms with Crippen LogP contribution in [0.15, 0.2) is 54.6 Å². The third-order valence-corrected chi connectivity index (χ3v) is 5.92. The van der Waals surface area contributed by atoms with Crippen LogP contribution in [0.2, 0.25) is 0 Å². The van der Waals surface area contributed by atoms with E-state index in [-0.39, 0.29) is 22.7 Å². The van der Waals surface area contributed by atoms with Gasteiger partial charge in [-0.2, -0.15) is 0 Å². The third-order valence-electron chi connectivity index (χ3n) is 5.92. The quantitative estimate of drug-likeness (QED) is 0.320. The standard InChI is InChI=1S/C29H36O2/c1-9-23(22-15-14-20-12-10-11-13-21(20)18-22)27(30)31-26-24(28(3,4)5)16-19(2)17-25(26)29(6,7)8/h10-18,23H,9H2,1-8H3/t23-/m0/s1. The van der Waals surface area contributed by atoms with Gasteiger partial charge >= 0.3 is 5.97 Å². The van der Waals surface area contributed by atoms with Crippen molar-refractivity contribution in [3.63, 3.8) is 0 Å². The Morgan fingerprint density at radius 2 is 1.39 bits per heavy atom. The van der Waals surface area contributed by atoms with Gasteiger partial charge in [-0.25, -0.2) is 0 Å². The summed E-state index contributed by atoms with van der Waals surface area (Å²) in [6.45, 7) is 17.2. The number of carbonyl (C=O) groups is 1. The maximum absolute atomic E-state index is 13.5. The summed E-state index contributed by atoms with van der Waals surface area (Å²) in [5.41, 5.74) is 4.10. The number of ether oxygens (including phenoxy) is 1. The number of aryl methyl sites for hydroxylation is 1. The Morgan fingerprint density at radius 1 is 0.839 bits per heavy atom. The highest BCUT2D eigenvalue weighted by Gasteiger charge is 2.30.